The summed E-state index contributed by atoms with van der Waals surface area (Å²) in [6, 6.07) is 1.63. The molecular weight excluding hydrogens is 230 g/mol. The van der Waals surface area contributed by atoms with Gasteiger partial charge in [-0.25, -0.2) is 9.97 Å². The van der Waals surface area contributed by atoms with E-state index in [0.29, 0.717) is 15.8 Å². The highest BCUT2D eigenvalue weighted by Crippen LogP contribution is 2.27. The Morgan fingerprint density at radius 1 is 1.50 bits per heavy atom. The number of aryl methyl sites for hydroxylation is 1. The molecule has 0 spiro atoms. The Balaban J connectivity index is 2.24. The minimum absolute atomic E-state index is 0.0109. The van der Waals surface area contributed by atoms with Crippen LogP contribution in [-0.4, -0.2) is 14.9 Å². The molecule has 0 amide bonds. The minimum atomic E-state index is -0.456. The minimum Gasteiger partial charge on any atom is -0.440 e. The van der Waals surface area contributed by atoms with Crippen molar-refractivity contribution in [1.82, 2.24) is 9.97 Å². The number of aromatic nitrogens is 2. The van der Waals surface area contributed by atoms with Crippen molar-refractivity contribution < 1.29 is 9.34 Å². The highest BCUT2D eigenvalue weighted by Gasteiger charge is 2.12. The van der Waals surface area contributed by atoms with Crippen molar-refractivity contribution in [3.05, 3.63) is 40.4 Å². The lowest BCUT2D eigenvalue weighted by molar-refractivity contribution is -0.385. The van der Waals surface area contributed by atoms with Crippen molar-refractivity contribution in [3.8, 4) is 0 Å². The number of hydrogen-bond donors (Lipinski definition) is 0. The molecule has 0 N–H and O–H groups in total. The van der Waals surface area contributed by atoms with E-state index in [4.69, 9.17) is 4.42 Å². The summed E-state index contributed by atoms with van der Waals surface area (Å²) in [5.41, 5.74) is 0.575. The first-order chi connectivity index (χ1) is 7.66. The first kappa shape index (κ1) is 10.6. The molecular formula is C9H7N3O3S. The molecule has 0 atom stereocenters. The maximum absolute atomic E-state index is 10.6. The van der Waals surface area contributed by atoms with Crippen molar-refractivity contribution in [1.29, 1.82) is 0 Å². The summed E-state index contributed by atoms with van der Waals surface area (Å²) in [4.78, 5) is 18.0. The zero-order valence-corrected chi connectivity index (χ0v) is 9.10. The average molecular weight is 237 g/mol. The van der Waals surface area contributed by atoms with Crippen LogP contribution < -0.4 is 0 Å². The zero-order valence-electron chi connectivity index (χ0n) is 8.28. The van der Waals surface area contributed by atoms with Crippen molar-refractivity contribution in [2.45, 2.75) is 17.2 Å². The Bertz CT molecular complexity index is 513. The first-order valence-electron chi connectivity index (χ1n) is 4.35. The van der Waals surface area contributed by atoms with Gasteiger partial charge in [0.2, 0.25) is 0 Å². The molecule has 0 aliphatic carbocycles. The van der Waals surface area contributed by atoms with E-state index in [9.17, 15) is 10.1 Å². The summed E-state index contributed by atoms with van der Waals surface area (Å²) in [6.45, 7) is 1.67. The number of pyridine rings is 1. The van der Waals surface area contributed by atoms with E-state index < -0.39 is 4.92 Å². The predicted molar refractivity (Wildman–Crippen MR) is 56.3 cm³/mol. The van der Waals surface area contributed by atoms with Gasteiger partial charge in [0.25, 0.3) is 10.9 Å². The Morgan fingerprint density at radius 3 is 2.88 bits per heavy atom. The van der Waals surface area contributed by atoms with E-state index >= 15 is 0 Å². The number of hydrogen-bond acceptors (Lipinski definition) is 6. The summed E-state index contributed by atoms with van der Waals surface area (Å²) in [7, 11) is 0. The fourth-order valence-corrected chi connectivity index (χ4v) is 1.86. The number of nitro groups is 1. The normalized spacial score (nSPS) is 10.3. The van der Waals surface area contributed by atoms with E-state index in [1.54, 1.807) is 13.0 Å². The van der Waals surface area contributed by atoms with Crippen LogP contribution in [0.25, 0.3) is 0 Å². The van der Waals surface area contributed by atoms with Gasteiger partial charge in [-0.3, -0.25) is 10.1 Å². The van der Waals surface area contributed by atoms with Gasteiger partial charge in [0.1, 0.15) is 17.5 Å². The summed E-state index contributed by atoms with van der Waals surface area (Å²) >= 11 is 1.22. The molecule has 0 bridgehead atoms. The van der Waals surface area contributed by atoms with E-state index in [1.807, 2.05) is 0 Å². The molecule has 16 heavy (non-hydrogen) atoms. The molecule has 0 saturated carbocycles. The van der Waals surface area contributed by atoms with Crippen LogP contribution in [0.4, 0.5) is 5.69 Å². The maximum atomic E-state index is 10.6. The molecule has 0 aliphatic heterocycles. The number of oxazole rings is 1. The highest BCUT2D eigenvalue weighted by atomic mass is 32.2. The zero-order chi connectivity index (χ0) is 11.5. The second-order valence-corrected chi connectivity index (χ2v) is 3.94. The van der Waals surface area contributed by atoms with Crippen LogP contribution in [-0.2, 0) is 0 Å². The highest BCUT2D eigenvalue weighted by molar-refractivity contribution is 7.99. The lowest BCUT2D eigenvalue weighted by atomic mass is 10.3. The molecule has 0 aliphatic rings. The van der Waals surface area contributed by atoms with Crippen LogP contribution >= 0.6 is 11.8 Å². The van der Waals surface area contributed by atoms with Gasteiger partial charge in [0.15, 0.2) is 0 Å². The molecule has 2 rings (SSSR count). The van der Waals surface area contributed by atoms with Crippen molar-refractivity contribution >= 4 is 17.4 Å². The lowest BCUT2D eigenvalue weighted by Crippen LogP contribution is -1.93. The van der Waals surface area contributed by atoms with Gasteiger partial charge in [0.05, 0.1) is 11.1 Å². The maximum Gasteiger partial charge on any atom is 0.290 e. The second kappa shape index (κ2) is 4.31. The third-order valence-corrected chi connectivity index (χ3v) is 2.66. The van der Waals surface area contributed by atoms with Crippen LogP contribution in [0.2, 0.25) is 0 Å². The standard InChI is InChI=1S/C9H7N3O3S/c1-6-4-8(11-5-7(6)12(13)14)16-9-10-2-3-15-9/h2-5H,1H3. The van der Waals surface area contributed by atoms with Crippen LogP contribution in [0.1, 0.15) is 5.56 Å². The largest absolute Gasteiger partial charge is 0.440 e. The Kier molecular flexibility index (Phi) is 2.86. The Hall–Kier alpha value is -1.89. The smallest absolute Gasteiger partial charge is 0.290 e. The predicted octanol–water partition coefficient (Wildman–Crippen LogP) is 2.44. The van der Waals surface area contributed by atoms with Crippen LogP contribution in [0, 0.1) is 17.0 Å². The van der Waals surface area contributed by atoms with Gasteiger partial charge in [0, 0.05) is 5.56 Å². The van der Waals surface area contributed by atoms with Gasteiger partial charge in [-0.05, 0) is 24.8 Å². The van der Waals surface area contributed by atoms with Crippen molar-refractivity contribution in [3.63, 3.8) is 0 Å². The molecule has 0 saturated heterocycles. The quantitative estimate of drug-likeness (QED) is 0.602. The molecule has 2 heterocycles. The SMILES string of the molecule is Cc1cc(Sc2ncco2)ncc1[N+](=O)[O-]. The molecule has 82 valence electrons. The molecule has 2 aromatic rings. The van der Waals surface area contributed by atoms with Crippen molar-refractivity contribution in [2.75, 3.05) is 0 Å². The topological polar surface area (TPSA) is 82.1 Å². The fourth-order valence-electron chi connectivity index (χ4n) is 1.12. The van der Waals surface area contributed by atoms with E-state index in [2.05, 4.69) is 9.97 Å². The summed E-state index contributed by atoms with van der Waals surface area (Å²) < 4.78 is 5.03. The van der Waals surface area contributed by atoms with E-state index in [-0.39, 0.29) is 5.69 Å². The monoisotopic (exact) mass is 237 g/mol. The molecule has 7 heteroatoms. The molecule has 6 nitrogen and oxygen atoms in total. The van der Waals surface area contributed by atoms with Gasteiger partial charge >= 0.3 is 0 Å². The second-order valence-electron chi connectivity index (χ2n) is 2.97. The summed E-state index contributed by atoms with van der Waals surface area (Å²) in [5.74, 6) is 0. The molecule has 0 unspecified atom stereocenters. The van der Waals surface area contributed by atoms with Gasteiger partial charge in [-0.2, -0.15) is 0 Å². The molecule has 0 radical (unpaired) electrons. The van der Waals surface area contributed by atoms with Gasteiger partial charge < -0.3 is 4.42 Å². The third-order valence-electron chi connectivity index (χ3n) is 1.86. The summed E-state index contributed by atoms with van der Waals surface area (Å²) in [6.07, 6.45) is 4.22. The van der Waals surface area contributed by atoms with Crippen LogP contribution in [0.15, 0.2) is 39.4 Å². The lowest BCUT2D eigenvalue weighted by Gasteiger charge is -1.99. The molecule has 0 aromatic carbocycles. The van der Waals surface area contributed by atoms with E-state index in [0.717, 1.165) is 0 Å². The third kappa shape index (κ3) is 2.19. The van der Waals surface area contributed by atoms with Crippen molar-refractivity contribution in [2.24, 2.45) is 0 Å². The number of nitrogens with zero attached hydrogens (tertiary/aromatic N) is 3. The Morgan fingerprint density at radius 2 is 2.31 bits per heavy atom. The summed E-state index contributed by atoms with van der Waals surface area (Å²) in [5, 5.41) is 11.7. The van der Waals surface area contributed by atoms with Crippen LogP contribution in [0.3, 0.4) is 0 Å². The number of rotatable bonds is 3. The molecule has 0 fully saturated rings. The van der Waals surface area contributed by atoms with E-state index in [1.165, 1.54) is 30.4 Å². The average Bonchev–Trinajstić information content (AvgIpc) is 2.70. The first-order valence-corrected chi connectivity index (χ1v) is 5.17. The molecule has 2 aromatic heterocycles. The van der Waals surface area contributed by atoms with Gasteiger partial charge in [-0.1, -0.05) is 0 Å². The van der Waals surface area contributed by atoms with Crippen LogP contribution in [0.5, 0.6) is 0 Å². The Labute approximate surface area is 94.9 Å². The van der Waals surface area contributed by atoms with Gasteiger partial charge in [-0.15, -0.1) is 0 Å². The fraction of sp³-hybridized carbons (Fsp3) is 0.111.